The summed E-state index contributed by atoms with van der Waals surface area (Å²) in [5.74, 6) is -1.08. The van der Waals surface area contributed by atoms with Crippen LogP contribution in [-0.4, -0.2) is 31.2 Å². The Balaban J connectivity index is 2.39. The van der Waals surface area contributed by atoms with Crippen molar-refractivity contribution in [1.29, 1.82) is 0 Å². The molecule has 0 saturated carbocycles. The second-order valence-corrected chi connectivity index (χ2v) is 4.02. The third-order valence-corrected chi connectivity index (χ3v) is 2.78. The van der Waals surface area contributed by atoms with Crippen LogP contribution in [0.2, 0.25) is 0 Å². The van der Waals surface area contributed by atoms with Gasteiger partial charge in [-0.05, 0) is 17.7 Å². The van der Waals surface area contributed by atoms with Crippen LogP contribution in [0.4, 0.5) is 0 Å². The molecule has 0 aliphatic heterocycles. The summed E-state index contributed by atoms with van der Waals surface area (Å²) in [6.07, 6.45) is 1.51. The molecule has 94 valence electrons. The number of phenols is 1. The maximum Gasteiger partial charge on any atom is 0.304 e. The van der Waals surface area contributed by atoms with E-state index in [1.54, 1.807) is 30.1 Å². The fourth-order valence-corrected chi connectivity index (χ4v) is 1.89. The average molecular weight is 247 g/mol. The zero-order valence-electron chi connectivity index (χ0n) is 9.82. The predicted octanol–water partition coefficient (Wildman–Crippen LogP) is 1.13. The van der Waals surface area contributed by atoms with Gasteiger partial charge in [0.2, 0.25) is 0 Å². The number of benzene rings is 1. The minimum Gasteiger partial charge on any atom is -0.508 e. The van der Waals surface area contributed by atoms with Crippen LogP contribution in [0.5, 0.6) is 5.75 Å². The second-order valence-electron chi connectivity index (χ2n) is 4.02. The highest BCUT2D eigenvalue weighted by molar-refractivity contribution is 5.68. The maximum atomic E-state index is 11.0. The molecule has 6 nitrogen and oxygen atoms in total. The molecule has 1 aromatic heterocycles. The van der Waals surface area contributed by atoms with Crippen LogP contribution in [-0.2, 0) is 11.8 Å². The lowest BCUT2D eigenvalue weighted by Crippen LogP contribution is -2.12. The second kappa shape index (κ2) is 4.87. The topological polar surface area (TPSA) is 88.2 Å². The molecule has 0 saturated heterocycles. The fraction of sp³-hybridized carbons (Fsp3) is 0.250. The Morgan fingerprint density at radius 3 is 2.56 bits per heavy atom. The number of hydrogen-bond acceptors (Lipinski definition) is 4. The largest absolute Gasteiger partial charge is 0.508 e. The van der Waals surface area contributed by atoms with Crippen molar-refractivity contribution in [2.75, 3.05) is 0 Å². The Kier molecular flexibility index (Phi) is 3.27. The van der Waals surface area contributed by atoms with Gasteiger partial charge in [0.15, 0.2) is 0 Å². The lowest BCUT2D eigenvalue weighted by atomic mass is 9.93. The van der Waals surface area contributed by atoms with E-state index in [-0.39, 0.29) is 18.1 Å². The number of aliphatic carboxylic acids is 1. The molecule has 0 aliphatic rings. The molecule has 0 bridgehead atoms. The van der Waals surface area contributed by atoms with E-state index < -0.39 is 5.97 Å². The van der Waals surface area contributed by atoms with E-state index in [2.05, 4.69) is 10.3 Å². The van der Waals surface area contributed by atoms with Gasteiger partial charge in [-0.3, -0.25) is 9.48 Å². The average Bonchev–Trinajstić information content (AvgIpc) is 2.73. The predicted molar refractivity (Wildman–Crippen MR) is 63.2 cm³/mol. The standard InChI is InChI=1S/C12H13N3O3/c1-15-11(7-13-14-15)10(6-12(17)18)8-2-4-9(16)5-3-8/h2-5,7,10,16H,6H2,1H3,(H,17,18). The van der Waals surface area contributed by atoms with Crippen molar-refractivity contribution in [2.45, 2.75) is 12.3 Å². The molecular formula is C12H13N3O3. The minimum absolute atomic E-state index is 0.0496. The molecule has 18 heavy (non-hydrogen) atoms. The molecule has 2 rings (SSSR count). The highest BCUT2D eigenvalue weighted by Gasteiger charge is 2.21. The van der Waals surface area contributed by atoms with E-state index in [1.165, 1.54) is 12.1 Å². The lowest BCUT2D eigenvalue weighted by Gasteiger charge is -2.15. The van der Waals surface area contributed by atoms with E-state index in [0.29, 0.717) is 0 Å². The van der Waals surface area contributed by atoms with Crippen LogP contribution >= 0.6 is 0 Å². The molecule has 1 atom stereocenters. The maximum absolute atomic E-state index is 11.0. The van der Waals surface area contributed by atoms with Crippen molar-refractivity contribution >= 4 is 5.97 Å². The summed E-state index contributed by atoms with van der Waals surface area (Å²) < 4.78 is 1.56. The van der Waals surface area contributed by atoms with Crippen LogP contribution in [0, 0.1) is 0 Å². The number of nitrogens with zero attached hydrogens (tertiary/aromatic N) is 3. The van der Waals surface area contributed by atoms with Gasteiger partial charge in [-0.25, -0.2) is 0 Å². The number of rotatable bonds is 4. The first-order chi connectivity index (χ1) is 8.58. The lowest BCUT2D eigenvalue weighted by molar-refractivity contribution is -0.137. The fourth-order valence-electron chi connectivity index (χ4n) is 1.89. The molecule has 0 spiro atoms. The number of hydrogen-bond donors (Lipinski definition) is 2. The highest BCUT2D eigenvalue weighted by Crippen LogP contribution is 2.28. The van der Waals surface area contributed by atoms with E-state index in [4.69, 9.17) is 5.11 Å². The quantitative estimate of drug-likeness (QED) is 0.845. The van der Waals surface area contributed by atoms with Gasteiger partial charge in [-0.1, -0.05) is 17.3 Å². The van der Waals surface area contributed by atoms with Crippen molar-refractivity contribution in [3.8, 4) is 5.75 Å². The number of carboxylic acids is 1. The summed E-state index contributed by atoms with van der Waals surface area (Å²) >= 11 is 0. The van der Waals surface area contributed by atoms with Crippen molar-refractivity contribution in [2.24, 2.45) is 7.05 Å². The Morgan fingerprint density at radius 2 is 2.06 bits per heavy atom. The van der Waals surface area contributed by atoms with Crippen LogP contribution in [0.15, 0.2) is 30.5 Å². The first kappa shape index (κ1) is 12.1. The summed E-state index contributed by atoms with van der Waals surface area (Å²) in [7, 11) is 1.72. The summed E-state index contributed by atoms with van der Waals surface area (Å²) in [5, 5.41) is 25.8. The smallest absolute Gasteiger partial charge is 0.304 e. The van der Waals surface area contributed by atoms with Gasteiger partial charge in [0, 0.05) is 13.0 Å². The third kappa shape index (κ3) is 2.48. The van der Waals surface area contributed by atoms with Crippen molar-refractivity contribution in [1.82, 2.24) is 15.0 Å². The molecule has 0 aliphatic carbocycles. The molecule has 2 N–H and O–H groups in total. The molecular weight excluding hydrogens is 234 g/mol. The first-order valence-electron chi connectivity index (χ1n) is 5.43. The van der Waals surface area contributed by atoms with Crippen LogP contribution in [0.1, 0.15) is 23.6 Å². The molecule has 1 heterocycles. The normalized spacial score (nSPS) is 12.3. The summed E-state index contributed by atoms with van der Waals surface area (Å²) in [5.41, 5.74) is 1.53. The van der Waals surface area contributed by atoms with Gasteiger partial charge in [0.25, 0.3) is 0 Å². The molecule has 1 unspecified atom stereocenters. The third-order valence-electron chi connectivity index (χ3n) is 2.78. The molecule has 0 amide bonds. The molecule has 1 aromatic carbocycles. The van der Waals surface area contributed by atoms with Gasteiger partial charge in [-0.15, -0.1) is 5.10 Å². The highest BCUT2D eigenvalue weighted by atomic mass is 16.4. The molecule has 0 radical (unpaired) electrons. The van der Waals surface area contributed by atoms with Crippen molar-refractivity contribution in [3.05, 3.63) is 41.7 Å². The Labute approximate surface area is 103 Å². The van der Waals surface area contributed by atoms with Gasteiger partial charge in [0.05, 0.1) is 18.3 Å². The van der Waals surface area contributed by atoms with E-state index in [9.17, 15) is 9.90 Å². The number of carboxylic acid groups (broad SMARTS) is 1. The number of phenolic OH excluding ortho intramolecular Hbond substituents is 1. The summed E-state index contributed by atoms with van der Waals surface area (Å²) in [6, 6.07) is 6.48. The SMILES string of the molecule is Cn1nncc1C(CC(=O)O)c1ccc(O)cc1. The zero-order chi connectivity index (χ0) is 13.1. The number of aromatic nitrogens is 3. The van der Waals surface area contributed by atoms with E-state index in [0.717, 1.165) is 11.3 Å². The Morgan fingerprint density at radius 1 is 1.39 bits per heavy atom. The minimum atomic E-state index is -0.894. The van der Waals surface area contributed by atoms with Crippen LogP contribution < -0.4 is 0 Å². The van der Waals surface area contributed by atoms with Gasteiger partial charge in [-0.2, -0.15) is 0 Å². The van der Waals surface area contributed by atoms with Crippen molar-refractivity contribution < 1.29 is 15.0 Å². The first-order valence-corrected chi connectivity index (χ1v) is 5.43. The molecule has 6 heteroatoms. The Hall–Kier alpha value is -2.37. The number of aromatic hydroxyl groups is 1. The van der Waals surface area contributed by atoms with E-state index >= 15 is 0 Å². The Bertz CT molecular complexity index is 548. The number of carbonyl (C=O) groups is 1. The summed E-state index contributed by atoms with van der Waals surface area (Å²) in [6.45, 7) is 0. The van der Waals surface area contributed by atoms with Crippen LogP contribution in [0.3, 0.4) is 0 Å². The van der Waals surface area contributed by atoms with Gasteiger partial charge >= 0.3 is 5.97 Å². The van der Waals surface area contributed by atoms with E-state index in [1.807, 2.05) is 0 Å². The van der Waals surface area contributed by atoms with Gasteiger partial charge < -0.3 is 10.2 Å². The van der Waals surface area contributed by atoms with Crippen LogP contribution in [0.25, 0.3) is 0 Å². The zero-order valence-corrected chi connectivity index (χ0v) is 9.82. The summed E-state index contributed by atoms with van der Waals surface area (Å²) in [4.78, 5) is 11.0. The number of aryl methyl sites for hydroxylation is 1. The molecule has 0 fully saturated rings. The van der Waals surface area contributed by atoms with Gasteiger partial charge in [0.1, 0.15) is 5.75 Å². The van der Waals surface area contributed by atoms with Crippen molar-refractivity contribution in [3.63, 3.8) is 0 Å². The monoisotopic (exact) mass is 247 g/mol. The molecule has 2 aromatic rings.